The highest BCUT2D eigenvalue weighted by atomic mass is 15.1. The Morgan fingerprint density at radius 2 is 1.75 bits per heavy atom. The number of hydrogen-bond acceptors (Lipinski definition) is 1. The second-order valence-electron chi connectivity index (χ2n) is 6.94. The van der Waals surface area contributed by atoms with Crippen LogP contribution in [0.3, 0.4) is 0 Å². The first-order valence-electron chi connectivity index (χ1n) is 6.36. The fourth-order valence-electron chi connectivity index (χ4n) is 2.55. The number of aryl methyl sites for hydroxylation is 1. The minimum atomic E-state index is 0.165. The normalized spacial score (nSPS) is 20.3. The Balaban J connectivity index is 2.34. The standard InChI is InChI=1S/C14H24N2/c1-13(2,3)12-10-6-8-14(4,5)9-7-11(10)15-16-12/h6-9H2,1-5H3,(H,15,16). The zero-order valence-corrected chi connectivity index (χ0v) is 11.3. The number of nitrogens with zero attached hydrogens (tertiary/aromatic N) is 1. The fourth-order valence-corrected chi connectivity index (χ4v) is 2.55. The molecule has 1 aliphatic carbocycles. The molecule has 0 aromatic carbocycles. The van der Waals surface area contributed by atoms with Gasteiger partial charge in [0.1, 0.15) is 0 Å². The van der Waals surface area contributed by atoms with Crippen molar-refractivity contribution in [3.63, 3.8) is 0 Å². The van der Waals surface area contributed by atoms with Gasteiger partial charge in [0.25, 0.3) is 0 Å². The van der Waals surface area contributed by atoms with Gasteiger partial charge in [0, 0.05) is 11.1 Å². The Hall–Kier alpha value is -0.790. The highest BCUT2D eigenvalue weighted by Crippen LogP contribution is 2.36. The molecule has 16 heavy (non-hydrogen) atoms. The second kappa shape index (κ2) is 3.61. The predicted molar refractivity (Wildman–Crippen MR) is 67.7 cm³/mol. The maximum absolute atomic E-state index is 4.53. The van der Waals surface area contributed by atoms with Gasteiger partial charge in [-0.15, -0.1) is 0 Å². The summed E-state index contributed by atoms with van der Waals surface area (Å²) in [6, 6.07) is 0. The van der Waals surface area contributed by atoms with Crippen LogP contribution in [0.15, 0.2) is 0 Å². The van der Waals surface area contributed by atoms with Crippen LogP contribution in [-0.4, -0.2) is 10.2 Å². The van der Waals surface area contributed by atoms with Gasteiger partial charge in [-0.05, 0) is 36.7 Å². The highest BCUT2D eigenvalue weighted by molar-refractivity contribution is 5.31. The molecule has 0 saturated heterocycles. The maximum Gasteiger partial charge on any atom is 0.0710 e. The molecule has 0 bridgehead atoms. The molecule has 2 rings (SSSR count). The summed E-state index contributed by atoms with van der Waals surface area (Å²) >= 11 is 0. The van der Waals surface area contributed by atoms with Gasteiger partial charge in [0.05, 0.1) is 5.69 Å². The Bertz CT molecular complexity index is 380. The topological polar surface area (TPSA) is 28.7 Å². The van der Waals surface area contributed by atoms with Crippen LogP contribution in [0.2, 0.25) is 0 Å². The van der Waals surface area contributed by atoms with E-state index in [1.165, 1.54) is 36.2 Å². The molecule has 0 spiro atoms. The predicted octanol–water partition coefficient (Wildman–Crippen LogP) is 3.61. The Morgan fingerprint density at radius 3 is 2.38 bits per heavy atom. The van der Waals surface area contributed by atoms with Crippen molar-refractivity contribution in [2.75, 3.05) is 0 Å². The highest BCUT2D eigenvalue weighted by Gasteiger charge is 2.29. The van der Waals surface area contributed by atoms with Crippen molar-refractivity contribution in [1.82, 2.24) is 10.2 Å². The molecule has 2 heteroatoms. The van der Waals surface area contributed by atoms with E-state index in [2.05, 4.69) is 44.8 Å². The number of rotatable bonds is 0. The van der Waals surface area contributed by atoms with Crippen molar-refractivity contribution >= 4 is 0 Å². The number of hydrogen-bond donors (Lipinski definition) is 1. The van der Waals surface area contributed by atoms with E-state index in [4.69, 9.17) is 0 Å². The van der Waals surface area contributed by atoms with Gasteiger partial charge in [-0.3, -0.25) is 5.10 Å². The van der Waals surface area contributed by atoms with Crippen LogP contribution in [0, 0.1) is 5.41 Å². The number of aromatic amines is 1. The van der Waals surface area contributed by atoms with Gasteiger partial charge in [0.15, 0.2) is 0 Å². The molecule has 0 aliphatic heterocycles. The molecule has 2 nitrogen and oxygen atoms in total. The Morgan fingerprint density at radius 1 is 1.12 bits per heavy atom. The van der Waals surface area contributed by atoms with Gasteiger partial charge in [-0.25, -0.2) is 0 Å². The lowest BCUT2D eigenvalue weighted by Crippen LogP contribution is -2.15. The minimum absolute atomic E-state index is 0.165. The second-order valence-corrected chi connectivity index (χ2v) is 6.94. The number of fused-ring (bicyclic) bond motifs is 1. The SMILES string of the molecule is CC1(C)CCc2[nH]nc(C(C)(C)C)c2CC1. The van der Waals surface area contributed by atoms with E-state index in [1.54, 1.807) is 0 Å². The molecule has 1 aromatic heterocycles. The number of nitrogens with one attached hydrogen (secondary N) is 1. The summed E-state index contributed by atoms with van der Waals surface area (Å²) in [5.74, 6) is 0. The molecule has 90 valence electrons. The molecule has 0 unspecified atom stereocenters. The minimum Gasteiger partial charge on any atom is -0.282 e. The first-order valence-corrected chi connectivity index (χ1v) is 6.36. The van der Waals surface area contributed by atoms with Crippen LogP contribution in [0.25, 0.3) is 0 Å². The number of aromatic nitrogens is 2. The molecular formula is C14H24N2. The zero-order valence-electron chi connectivity index (χ0n) is 11.3. The molecule has 1 aliphatic rings. The molecule has 1 N–H and O–H groups in total. The quantitative estimate of drug-likeness (QED) is 0.665. The van der Waals surface area contributed by atoms with Gasteiger partial charge >= 0.3 is 0 Å². The van der Waals surface area contributed by atoms with E-state index in [1.807, 2.05) is 0 Å². The van der Waals surface area contributed by atoms with Gasteiger partial charge < -0.3 is 0 Å². The first-order chi connectivity index (χ1) is 7.30. The smallest absolute Gasteiger partial charge is 0.0710 e. The van der Waals surface area contributed by atoms with E-state index < -0.39 is 0 Å². The summed E-state index contributed by atoms with van der Waals surface area (Å²) < 4.78 is 0. The van der Waals surface area contributed by atoms with Crippen LogP contribution in [0.4, 0.5) is 0 Å². The lowest BCUT2D eigenvalue weighted by atomic mass is 9.83. The Kier molecular flexibility index (Phi) is 2.64. The molecule has 1 aromatic rings. The van der Waals surface area contributed by atoms with E-state index in [9.17, 15) is 0 Å². The molecule has 0 atom stereocenters. The van der Waals surface area contributed by atoms with Crippen molar-refractivity contribution in [2.45, 2.75) is 65.7 Å². The van der Waals surface area contributed by atoms with Crippen molar-refractivity contribution in [2.24, 2.45) is 5.41 Å². The van der Waals surface area contributed by atoms with Crippen LogP contribution >= 0.6 is 0 Å². The van der Waals surface area contributed by atoms with E-state index in [0.717, 1.165) is 6.42 Å². The third kappa shape index (κ3) is 2.16. The monoisotopic (exact) mass is 220 g/mol. The maximum atomic E-state index is 4.53. The molecule has 1 heterocycles. The molecule has 0 saturated carbocycles. The average Bonchev–Trinajstić information content (AvgIpc) is 2.48. The van der Waals surface area contributed by atoms with E-state index in [-0.39, 0.29) is 5.41 Å². The van der Waals surface area contributed by atoms with E-state index in [0.29, 0.717) is 5.41 Å². The van der Waals surface area contributed by atoms with E-state index >= 15 is 0 Å². The molecule has 0 amide bonds. The van der Waals surface area contributed by atoms with Crippen LogP contribution < -0.4 is 0 Å². The van der Waals surface area contributed by atoms with Crippen molar-refractivity contribution < 1.29 is 0 Å². The lowest BCUT2D eigenvalue weighted by Gasteiger charge is -2.22. The summed E-state index contributed by atoms with van der Waals surface area (Å²) in [5.41, 5.74) is 4.81. The molecule has 0 fully saturated rings. The molecule has 0 radical (unpaired) electrons. The first kappa shape index (κ1) is 11.7. The lowest BCUT2D eigenvalue weighted by molar-refractivity contribution is 0.315. The van der Waals surface area contributed by atoms with Crippen molar-refractivity contribution in [1.29, 1.82) is 0 Å². The average molecular weight is 220 g/mol. The summed E-state index contributed by atoms with van der Waals surface area (Å²) in [4.78, 5) is 0. The summed E-state index contributed by atoms with van der Waals surface area (Å²) in [7, 11) is 0. The summed E-state index contributed by atoms with van der Waals surface area (Å²) in [6.45, 7) is 11.5. The Labute approximate surface area is 98.8 Å². The van der Waals surface area contributed by atoms with Gasteiger partial charge in [0.2, 0.25) is 0 Å². The number of H-pyrrole nitrogens is 1. The third-order valence-corrected chi connectivity index (χ3v) is 3.77. The van der Waals surface area contributed by atoms with Crippen molar-refractivity contribution in [3.8, 4) is 0 Å². The largest absolute Gasteiger partial charge is 0.282 e. The third-order valence-electron chi connectivity index (χ3n) is 3.77. The summed E-state index contributed by atoms with van der Waals surface area (Å²) in [6.07, 6.45) is 4.89. The van der Waals surface area contributed by atoms with Crippen LogP contribution in [-0.2, 0) is 18.3 Å². The van der Waals surface area contributed by atoms with Crippen molar-refractivity contribution in [3.05, 3.63) is 17.0 Å². The molecular weight excluding hydrogens is 196 g/mol. The van der Waals surface area contributed by atoms with Crippen LogP contribution in [0.5, 0.6) is 0 Å². The van der Waals surface area contributed by atoms with Gasteiger partial charge in [-0.2, -0.15) is 5.10 Å². The summed E-state index contributed by atoms with van der Waals surface area (Å²) in [5, 5.41) is 7.79. The van der Waals surface area contributed by atoms with Gasteiger partial charge in [-0.1, -0.05) is 34.6 Å². The zero-order chi connectivity index (χ0) is 12.0. The van der Waals surface area contributed by atoms with Crippen LogP contribution in [0.1, 0.15) is 64.4 Å². The fraction of sp³-hybridized carbons (Fsp3) is 0.786.